The van der Waals surface area contributed by atoms with Gasteiger partial charge in [-0.1, -0.05) is 18.2 Å². The van der Waals surface area contributed by atoms with Gasteiger partial charge in [0.15, 0.2) is 0 Å². The van der Waals surface area contributed by atoms with Crippen LogP contribution in [0.25, 0.3) is 0 Å². The average molecular weight is 212 g/mol. The molecule has 1 N–H and O–H groups in total. The standard InChI is InChI=1S/C13H12N2O/c1-2-7-13-11(6-1)15-12(9-16-13)10-5-3-4-8-14-10/h1-8,12,15H,9H2. The van der Waals surface area contributed by atoms with Crippen LogP contribution in [-0.2, 0) is 0 Å². The molecule has 1 unspecified atom stereocenters. The van der Waals surface area contributed by atoms with Gasteiger partial charge in [-0.2, -0.15) is 0 Å². The van der Waals surface area contributed by atoms with Gasteiger partial charge in [-0.15, -0.1) is 0 Å². The summed E-state index contributed by atoms with van der Waals surface area (Å²) in [6.45, 7) is 0.619. The Morgan fingerprint density at radius 2 is 2.00 bits per heavy atom. The Morgan fingerprint density at radius 3 is 2.88 bits per heavy atom. The number of fused-ring (bicyclic) bond motifs is 1. The fraction of sp³-hybridized carbons (Fsp3) is 0.154. The molecular weight excluding hydrogens is 200 g/mol. The number of para-hydroxylation sites is 2. The van der Waals surface area contributed by atoms with Crippen molar-refractivity contribution in [2.24, 2.45) is 0 Å². The summed E-state index contributed by atoms with van der Waals surface area (Å²) in [7, 11) is 0. The van der Waals surface area contributed by atoms with E-state index in [1.165, 1.54) is 0 Å². The third-order valence-electron chi connectivity index (χ3n) is 2.67. The number of anilines is 1. The van der Waals surface area contributed by atoms with E-state index in [-0.39, 0.29) is 6.04 Å². The monoisotopic (exact) mass is 212 g/mol. The molecule has 0 aliphatic carbocycles. The lowest BCUT2D eigenvalue weighted by Crippen LogP contribution is -2.24. The van der Waals surface area contributed by atoms with Gasteiger partial charge in [-0.3, -0.25) is 4.98 Å². The van der Waals surface area contributed by atoms with E-state index in [2.05, 4.69) is 10.3 Å². The van der Waals surface area contributed by atoms with Crippen molar-refractivity contribution in [1.29, 1.82) is 0 Å². The Bertz CT molecular complexity index is 484. The maximum absolute atomic E-state index is 5.69. The van der Waals surface area contributed by atoms with Crippen molar-refractivity contribution < 1.29 is 4.74 Å². The van der Waals surface area contributed by atoms with Crippen molar-refractivity contribution in [2.45, 2.75) is 6.04 Å². The molecule has 3 nitrogen and oxygen atoms in total. The smallest absolute Gasteiger partial charge is 0.142 e. The summed E-state index contributed by atoms with van der Waals surface area (Å²) in [6, 6.07) is 14.0. The number of benzene rings is 1. The maximum atomic E-state index is 5.69. The normalized spacial score (nSPS) is 18.1. The van der Waals surface area contributed by atoms with E-state index in [9.17, 15) is 0 Å². The molecule has 1 aromatic heterocycles. The molecule has 1 aliphatic heterocycles. The second-order valence-corrected chi connectivity index (χ2v) is 3.76. The Morgan fingerprint density at radius 1 is 1.12 bits per heavy atom. The van der Waals surface area contributed by atoms with E-state index in [0.29, 0.717) is 6.61 Å². The fourth-order valence-corrected chi connectivity index (χ4v) is 1.86. The summed E-state index contributed by atoms with van der Waals surface area (Å²) in [4.78, 5) is 4.33. The molecule has 3 heteroatoms. The van der Waals surface area contributed by atoms with Gasteiger partial charge in [0.1, 0.15) is 18.4 Å². The third-order valence-corrected chi connectivity index (χ3v) is 2.67. The van der Waals surface area contributed by atoms with E-state index >= 15 is 0 Å². The molecule has 1 atom stereocenters. The highest BCUT2D eigenvalue weighted by molar-refractivity contribution is 5.58. The van der Waals surface area contributed by atoms with E-state index < -0.39 is 0 Å². The largest absolute Gasteiger partial charge is 0.489 e. The summed E-state index contributed by atoms with van der Waals surface area (Å²) >= 11 is 0. The average Bonchev–Trinajstić information content (AvgIpc) is 2.39. The molecule has 0 spiro atoms. The Kier molecular flexibility index (Phi) is 2.22. The topological polar surface area (TPSA) is 34.1 Å². The van der Waals surface area contributed by atoms with Crippen molar-refractivity contribution in [3.63, 3.8) is 0 Å². The number of hydrogen-bond acceptors (Lipinski definition) is 3. The number of hydrogen-bond donors (Lipinski definition) is 1. The van der Waals surface area contributed by atoms with Gasteiger partial charge in [-0.05, 0) is 24.3 Å². The number of nitrogens with zero attached hydrogens (tertiary/aromatic N) is 1. The predicted molar refractivity (Wildman–Crippen MR) is 62.5 cm³/mol. The lowest BCUT2D eigenvalue weighted by atomic mass is 10.1. The Hall–Kier alpha value is -2.03. The highest BCUT2D eigenvalue weighted by atomic mass is 16.5. The third kappa shape index (κ3) is 1.60. The predicted octanol–water partition coefficient (Wildman–Crippen LogP) is 2.63. The van der Waals surface area contributed by atoms with Crippen LogP contribution in [-0.4, -0.2) is 11.6 Å². The number of ether oxygens (including phenoxy) is 1. The Balaban J connectivity index is 1.89. The van der Waals surface area contributed by atoms with Gasteiger partial charge in [0.25, 0.3) is 0 Å². The Labute approximate surface area is 94.1 Å². The molecule has 0 saturated carbocycles. The molecule has 2 aromatic rings. The van der Waals surface area contributed by atoms with Crippen LogP contribution in [0.1, 0.15) is 11.7 Å². The summed E-state index contributed by atoms with van der Waals surface area (Å²) in [5.74, 6) is 0.912. The first-order chi connectivity index (χ1) is 7.93. The van der Waals surface area contributed by atoms with Crippen LogP contribution in [0.15, 0.2) is 48.7 Å². The molecule has 1 aromatic carbocycles. The van der Waals surface area contributed by atoms with E-state index in [1.807, 2.05) is 42.5 Å². The summed E-state index contributed by atoms with van der Waals surface area (Å²) in [5.41, 5.74) is 2.04. The first kappa shape index (κ1) is 9.21. The number of aromatic nitrogens is 1. The molecule has 80 valence electrons. The van der Waals surface area contributed by atoms with Crippen molar-refractivity contribution in [3.05, 3.63) is 54.4 Å². The van der Waals surface area contributed by atoms with Crippen molar-refractivity contribution in [3.8, 4) is 5.75 Å². The number of pyridine rings is 1. The molecule has 2 heterocycles. The lowest BCUT2D eigenvalue weighted by Gasteiger charge is -2.26. The zero-order chi connectivity index (χ0) is 10.8. The number of nitrogens with one attached hydrogen (secondary N) is 1. The quantitative estimate of drug-likeness (QED) is 0.789. The van der Waals surface area contributed by atoms with Crippen LogP contribution in [0, 0.1) is 0 Å². The summed E-state index contributed by atoms with van der Waals surface area (Å²) in [6.07, 6.45) is 1.80. The van der Waals surface area contributed by atoms with Gasteiger partial charge in [0, 0.05) is 6.20 Å². The van der Waals surface area contributed by atoms with Crippen LogP contribution in [0.4, 0.5) is 5.69 Å². The minimum absolute atomic E-state index is 0.135. The zero-order valence-corrected chi connectivity index (χ0v) is 8.76. The lowest BCUT2D eigenvalue weighted by molar-refractivity contribution is 0.284. The molecule has 3 rings (SSSR count). The first-order valence-corrected chi connectivity index (χ1v) is 5.33. The van der Waals surface area contributed by atoms with Gasteiger partial charge in [0.2, 0.25) is 0 Å². The summed E-state index contributed by atoms with van der Waals surface area (Å²) in [5, 5.41) is 3.43. The minimum atomic E-state index is 0.135. The van der Waals surface area contributed by atoms with E-state index in [0.717, 1.165) is 17.1 Å². The highest BCUT2D eigenvalue weighted by Crippen LogP contribution is 2.32. The van der Waals surface area contributed by atoms with Crippen molar-refractivity contribution in [1.82, 2.24) is 4.98 Å². The fourth-order valence-electron chi connectivity index (χ4n) is 1.86. The zero-order valence-electron chi connectivity index (χ0n) is 8.76. The van der Waals surface area contributed by atoms with E-state index in [4.69, 9.17) is 4.74 Å². The van der Waals surface area contributed by atoms with Crippen LogP contribution in [0.5, 0.6) is 5.75 Å². The highest BCUT2D eigenvalue weighted by Gasteiger charge is 2.20. The van der Waals surface area contributed by atoms with Crippen LogP contribution >= 0.6 is 0 Å². The van der Waals surface area contributed by atoms with Gasteiger partial charge in [0.05, 0.1) is 11.4 Å². The molecule has 0 bridgehead atoms. The SMILES string of the molecule is c1ccc(C2COc3ccccc3N2)nc1. The van der Waals surface area contributed by atoms with Crippen LogP contribution in [0.3, 0.4) is 0 Å². The molecule has 0 amide bonds. The number of rotatable bonds is 1. The van der Waals surface area contributed by atoms with Gasteiger partial charge >= 0.3 is 0 Å². The molecule has 0 radical (unpaired) electrons. The second kappa shape index (κ2) is 3.85. The molecule has 0 fully saturated rings. The minimum Gasteiger partial charge on any atom is -0.489 e. The molecule has 1 aliphatic rings. The van der Waals surface area contributed by atoms with Crippen molar-refractivity contribution >= 4 is 5.69 Å². The van der Waals surface area contributed by atoms with Crippen LogP contribution in [0.2, 0.25) is 0 Å². The summed E-state index contributed by atoms with van der Waals surface area (Å²) < 4.78 is 5.69. The van der Waals surface area contributed by atoms with Crippen LogP contribution < -0.4 is 10.1 Å². The van der Waals surface area contributed by atoms with Gasteiger partial charge < -0.3 is 10.1 Å². The second-order valence-electron chi connectivity index (χ2n) is 3.76. The molecule has 16 heavy (non-hydrogen) atoms. The molecular formula is C13H12N2O. The van der Waals surface area contributed by atoms with E-state index in [1.54, 1.807) is 6.20 Å². The first-order valence-electron chi connectivity index (χ1n) is 5.33. The maximum Gasteiger partial charge on any atom is 0.142 e. The van der Waals surface area contributed by atoms with Gasteiger partial charge in [-0.25, -0.2) is 0 Å². The molecule has 0 saturated heterocycles. The van der Waals surface area contributed by atoms with Crippen molar-refractivity contribution in [2.75, 3.05) is 11.9 Å².